The highest BCUT2D eigenvalue weighted by molar-refractivity contribution is 6.11. The lowest BCUT2D eigenvalue weighted by molar-refractivity contribution is -0.385. The van der Waals surface area contributed by atoms with Crippen molar-refractivity contribution < 1.29 is 14.5 Å². The zero-order valence-electron chi connectivity index (χ0n) is 10.5. The molecule has 0 bridgehead atoms. The van der Waals surface area contributed by atoms with Crippen molar-refractivity contribution in [3.63, 3.8) is 0 Å². The number of nitro benzene ring substituents is 1. The van der Waals surface area contributed by atoms with Crippen LogP contribution in [0.3, 0.4) is 0 Å². The van der Waals surface area contributed by atoms with Gasteiger partial charge in [-0.05, 0) is 18.2 Å². The van der Waals surface area contributed by atoms with Gasteiger partial charge in [-0.1, -0.05) is 6.58 Å². The smallest absolute Gasteiger partial charge is 0.282 e. The summed E-state index contributed by atoms with van der Waals surface area (Å²) in [4.78, 5) is 26.0. The van der Waals surface area contributed by atoms with Gasteiger partial charge < -0.3 is 10.1 Å². The van der Waals surface area contributed by atoms with E-state index in [1.807, 2.05) is 0 Å². The molecule has 0 spiro atoms. The van der Waals surface area contributed by atoms with Gasteiger partial charge in [-0.2, -0.15) is 0 Å². The molecule has 0 radical (unpaired) electrons. The number of aliphatic imine (C=N–C) groups is 1. The zero-order chi connectivity index (χ0) is 14.4. The number of carbonyl (C=O) groups is 1. The third-order valence-corrected chi connectivity index (χ3v) is 2.32. The minimum atomic E-state index is -0.647. The van der Waals surface area contributed by atoms with Crippen molar-refractivity contribution >= 4 is 17.4 Å². The lowest BCUT2D eigenvalue weighted by Gasteiger charge is -2.07. The minimum Gasteiger partial charge on any atom is -0.497 e. The van der Waals surface area contributed by atoms with Crippen molar-refractivity contribution in [3.8, 4) is 5.75 Å². The van der Waals surface area contributed by atoms with E-state index in [1.165, 1.54) is 38.4 Å². The van der Waals surface area contributed by atoms with Gasteiger partial charge in [0.2, 0.25) is 0 Å². The van der Waals surface area contributed by atoms with Crippen molar-refractivity contribution in [1.29, 1.82) is 0 Å². The lowest BCUT2D eigenvalue weighted by Crippen LogP contribution is -2.29. The van der Waals surface area contributed by atoms with Gasteiger partial charge >= 0.3 is 0 Å². The summed E-state index contributed by atoms with van der Waals surface area (Å²) >= 11 is 0. The second-order valence-corrected chi connectivity index (χ2v) is 3.41. The standard InChI is InChI=1S/C12H13N3O4/c1-4-11(13-2)14-12(16)9-7-8(19-3)5-6-10(9)15(17)18/h4-7H,1H2,2-3H3,(H,13,14,16). The summed E-state index contributed by atoms with van der Waals surface area (Å²) in [6.07, 6.45) is 1.34. The SMILES string of the molecule is C=CC(=NC)NC(=O)c1cc(OC)ccc1[N+](=O)[O-]. The molecule has 0 heterocycles. The van der Waals surface area contributed by atoms with Crippen LogP contribution in [0.1, 0.15) is 10.4 Å². The maximum Gasteiger partial charge on any atom is 0.282 e. The van der Waals surface area contributed by atoms with Crippen LogP contribution in [-0.2, 0) is 0 Å². The van der Waals surface area contributed by atoms with E-state index in [0.717, 1.165) is 0 Å². The van der Waals surface area contributed by atoms with E-state index in [1.54, 1.807) is 0 Å². The van der Waals surface area contributed by atoms with Crippen LogP contribution in [0, 0.1) is 10.1 Å². The summed E-state index contributed by atoms with van der Waals surface area (Å²) < 4.78 is 4.94. The summed E-state index contributed by atoms with van der Waals surface area (Å²) in [5, 5.41) is 13.3. The summed E-state index contributed by atoms with van der Waals surface area (Å²) in [7, 11) is 2.88. The van der Waals surface area contributed by atoms with Gasteiger partial charge in [0.15, 0.2) is 0 Å². The quantitative estimate of drug-likeness (QED) is 0.386. The van der Waals surface area contributed by atoms with Gasteiger partial charge in [-0.15, -0.1) is 0 Å². The van der Waals surface area contributed by atoms with Gasteiger partial charge in [0.1, 0.15) is 17.1 Å². The van der Waals surface area contributed by atoms with Crippen LogP contribution in [0.2, 0.25) is 0 Å². The first kappa shape index (κ1) is 14.4. The predicted octanol–water partition coefficient (Wildman–Crippen LogP) is 1.55. The van der Waals surface area contributed by atoms with Crippen LogP contribution in [0.5, 0.6) is 5.75 Å². The van der Waals surface area contributed by atoms with E-state index in [2.05, 4.69) is 16.9 Å². The van der Waals surface area contributed by atoms with Crippen LogP contribution in [0.15, 0.2) is 35.8 Å². The first-order valence-electron chi connectivity index (χ1n) is 5.26. The Hall–Kier alpha value is -2.70. The third-order valence-electron chi connectivity index (χ3n) is 2.32. The average molecular weight is 263 g/mol. The Bertz CT molecular complexity index is 552. The van der Waals surface area contributed by atoms with Crippen LogP contribution in [0.4, 0.5) is 5.69 Å². The van der Waals surface area contributed by atoms with Crippen molar-refractivity contribution in [2.45, 2.75) is 0 Å². The van der Waals surface area contributed by atoms with Crippen LogP contribution >= 0.6 is 0 Å². The van der Waals surface area contributed by atoms with Gasteiger partial charge in [-0.3, -0.25) is 19.9 Å². The van der Waals surface area contributed by atoms with E-state index in [-0.39, 0.29) is 17.1 Å². The Labute approximate surface area is 109 Å². The summed E-state index contributed by atoms with van der Waals surface area (Å²) in [5.74, 6) is -0.0717. The fourth-order valence-corrected chi connectivity index (χ4v) is 1.37. The van der Waals surface area contributed by atoms with E-state index in [0.29, 0.717) is 5.75 Å². The molecular formula is C12H13N3O4. The zero-order valence-corrected chi connectivity index (χ0v) is 10.5. The highest BCUT2D eigenvalue weighted by Gasteiger charge is 2.21. The van der Waals surface area contributed by atoms with Crippen molar-refractivity contribution in [2.75, 3.05) is 14.2 Å². The van der Waals surface area contributed by atoms with E-state index >= 15 is 0 Å². The molecule has 0 saturated heterocycles. The third kappa shape index (κ3) is 3.38. The highest BCUT2D eigenvalue weighted by Crippen LogP contribution is 2.23. The number of methoxy groups -OCH3 is 1. The maximum absolute atomic E-state index is 12.0. The Balaban J connectivity index is 3.19. The summed E-state index contributed by atoms with van der Waals surface area (Å²) in [5.41, 5.74) is -0.412. The molecule has 1 aromatic carbocycles. The molecule has 0 aromatic heterocycles. The van der Waals surface area contributed by atoms with Crippen LogP contribution in [0.25, 0.3) is 0 Å². The number of ether oxygens (including phenoxy) is 1. The number of benzene rings is 1. The number of amidine groups is 1. The van der Waals surface area contributed by atoms with Gasteiger partial charge in [-0.25, -0.2) is 0 Å². The molecule has 0 aliphatic carbocycles. The molecule has 0 atom stereocenters. The normalized spacial score (nSPS) is 10.7. The maximum atomic E-state index is 12.0. The monoisotopic (exact) mass is 263 g/mol. The van der Waals surface area contributed by atoms with E-state index in [4.69, 9.17) is 4.74 Å². The average Bonchev–Trinajstić information content (AvgIpc) is 2.43. The number of hydrogen-bond donors (Lipinski definition) is 1. The molecule has 1 amide bonds. The molecule has 7 heteroatoms. The molecule has 19 heavy (non-hydrogen) atoms. The number of hydrogen-bond acceptors (Lipinski definition) is 5. The molecule has 0 unspecified atom stereocenters. The van der Waals surface area contributed by atoms with Gasteiger partial charge in [0.05, 0.1) is 12.0 Å². The van der Waals surface area contributed by atoms with Crippen molar-refractivity contribution in [3.05, 3.63) is 46.5 Å². The Morgan fingerprint density at radius 3 is 2.74 bits per heavy atom. The van der Waals surface area contributed by atoms with Crippen molar-refractivity contribution in [1.82, 2.24) is 5.32 Å². The topological polar surface area (TPSA) is 93.8 Å². The molecule has 1 rings (SSSR count). The Morgan fingerprint density at radius 2 is 2.26 bits per heavy atom. The first-order chi connectivity index (χ1) is 9.03. The van der Waals surface area contributed by atoms with Gasteiger partial charge in [0.25, 0.3) is 11.6 Å². The minimum absolute atomic E-state index is 0.104. The Kier molecular flexibility index (Phi) is 4.76. The molecule has 0 fully saturated rings. The number of nitrogens with zero attached hydrogens (tertiary/aromatic N) is 2. The van der Waals surface area contributed by atoms with Gasteiger partial charge in [0, 0.05) is 13.1 Å². The van der Waals surface area contributed by atoms with Crippen LogP contribution in [-0.4, -0.2) is 30.8 Å². The fourth-order valence-electron chi connectivity index (χ4n) is 1.37. The molecule has 1 N–H and O–H groups in total. The molecule has 0 saturated carbocycles. The molecular weight excluding hydrogens is 250 g/mol. The predicted molar refractivity (Wildman–Crippen MR) is 70.7 cm³/mol. The molecule has 0 aliphatic rings. The molecule has 100 valence electrons. The largest absolute Gasteiger partial charge is 0.497 e. The molecule has 7 nitrogen and oxygen atoms in total. The van der Waals surface area contributed by atoms with Crippen molar-refractivity contribution in [2.24, 2.45) is 4.99 Å². The Morgan fingerprint density at radius 1 is 1.58 bits per heavy atom. The number of rotatable bonds is 4. The number of amides is 1. The number of nitrogens with one attached hydrogen (secondary N) is 1. The summed E-state index contributed by atoms with van der Waals surface area (Å²) in [6.45, 7) is 3.47. The van der Waals surface area contributed by atoms with E-state index in [9.17, 15) is 14.9 Å². The second-order valence-electron chi connectivity index (χ2n) is 3.41. The number of nitro groups is 1. The number of carbonyl (C=O) groups excluding carboxylic acids is 1. The fraction of sp³-hybridized carbons (Fsp3) is 0.167. The molecule has 0 aliphatic heterocycles. The summed E-state index contributed by atoms with van der Waals surface area (Å²) in [6, 6.07) is 3.92. The lowest BCUT2D eigenvalue weighted by atomic mass is 10.1. The highest BCUT2D eigenvalue weighted by atomic mass is 16.6. The molecule has 1 aromatic rings. The second kappa shape index (κ2) is 6.29. The van der Waals surface area contributed by atoms with Crippen LogP contribution < -0.4 is 10.1 Å². The first-order valence-corrected chi connectivity index (χ1v) is 5.26. The van der Waals surface area contributed by atoms with E-state index < -0.39 is 10.8 Å².